The molecular formula is C11H9N3O. The number of nitrogens with zero attached hydrogens (tertiary/aromatic N) is 3. The van der Waals surface area contributed by atoms with Crippen LogP contribution in [0.5, 0.6) is 0 Å². The van der Waals surface area contributed by atoms with Crippen LogP contribution in [0.2, 0.25) is 0 Å². The van der Waals surface area contributed by atoms with Gasteiger partial charge in [-0.1, -0.05) is 23.0 Å². The normalized spacial score (nSPS) is 8.33. The van der Waals surface area contributed by atoms with Crippen molar-refractivity contribution in [1.82, 2.24) is 0 Å². The number of hydrogen-bond acceptors (Lipinski definition) is 2. The minimum atomic E-state index is 0.158. The molecule has 0 amide bonds. The number of carbonyl (C=O) groups excluding carboxylic acids is 1. The molecule has 1 rings (SSSR count). The van der Waals surface area contributed by atoms with Crippen molar-refractivity contribution in [3.63, 3.8) is 0 Å². The Kier molecular flexibility index (Phi) is 3.96. The van der Waals surface area contributed by atoms with Crippen LogP contribution in [-0.4, -0.2) is 12.8 Å². The molecule has 1 aromatic rings. The lowest BCUT2D eigenvalue weighted by Gasteiger charge is -1.97. The third kappa shape index (κ3) is 3.18. The second kappa shape index (κ2) is 5.48. The molecule has 0 heterocycles. The van der Waals surface area contributed by atoms with E-state index in [1.807, 2.05) is 13.0 Å². The summed E-state index contributed by atoms with van der Waals surface area (Å²) >= 11 is 0. The monoisotopic (exact) mass is 199 g/mol. The highest BCUT2D eigenvalue weighted by Gasteiger charge is 1.95. The van der Waals surface area contributed by atoms with Gasteiger partial charge < -0.3 is 0 Å². The number of hydrogen-bond donors (Lipinski definition) is 0. The molecule has 0 atom stereocenters. The summed E-state index contributed by atoms with van der Waals surface area (Å²) in [5.41, 5.74) is 10.4. The average molecular weight is 199 g/mol. The van der Waals surface area contributed by atoms with Gasteiger partial charge in [-0.15, -0.1) is 0 Å². The minimum absolute atomic E-state index is 0.158. The molecule has 0 radical (unpaired) electrons. The summed E-state index contributed by atoms with van der Waals surface area (Å²) in [6, 6.07) is 5.31. The van der Waals surface area contributed by atoms with Gasteiger partial charge >= 0.3 is 0 Å². The van der Waals surface area contributed by atoms with Gasteiger partial charge in [-0.05, 0) is 30.2 Å². The van der Waals surface area contributed by atoms with E-state index in [4.69, 9.17) is 5.53 Å². The molecule has 4 heteroatoms. The van der Waals surface area contributed by atoms with Crippen molar-refractivity contribution in [2.24, 2.45) is 5.11 Å². The summed E-state index contributed by atoms with van der Waals surface area (Å²) in [5, 5.41) is 3.29. The number of azide groups is 1. The number of benzene rings is 1. The third-order valence-corrected chi connectivity index (χ3v) is 1.84. The zero-order valence-corrected chi connectivity index (χ0v) is 8.27. The molecule has 0 saturated heterocycles. The topological polar surface area (TPSA) is 65.8 Å². The first kappa shape index (κ1) is 10.8. The lowest BCUT2D eigenvalue weighted by atomic mass is 10.1. The van der Waals surface area contributed by atoms with Crippen molar-refractivity contribution in [2.75, 3.05) is 6.54 Å². The van der Waals surface area contributed by atoms with Gasteiger partial charge in [-0.2, -0.15) is 0 Å². The fourth-order valence-electron chi connectivity index (χ4n) is 1.09. The highest BCUT2D eigenvalue weighted by Crippen LogP contribution is 2.07. The molecule has 0 fully saturated rings. The first-order valence-corrected chi connectivity index (χ1v) is 4.33. The Bertz CT molecular complexity index is 476. The van der Waals surface area contributed by atoms with Crippen LogP contribution in [-0.2, 0) is 0 Å². The summed E-state index contributed by atoms with van der Waals surface area (Å²) < 4.78 is 0. The fourth-order valence-corrected chi connectivity index (χ4v) is 1.09. The van der Waals surface area contributed by atoms with Crippen molar-refractivity contribution >= 4 is 6.29 Å². The molecule has 0 saturated carbocycles. The summed E-state index contributed by atoms with van der Waals surface area (Å²) in [7, 11) is 0. The molecule has 1 aromatic carbocycles. The van der Waals surface area contributed by atoms with Crippen LogP contribution in [0, 0.1) is 18.8 Å². The average Bonchev–Trinajstić information content (AvgIpc) is 2.25. The molecule has 4 nitrogen and oxygen atoms in total. The molecule has 0 spiro atoms. The molecule has 74 valence electrons. The Morgan fingerprint density at radius 1 is 1.60 bits per heavy atom. The lowest BCUT2D eigenvalue weighted by molar-refractivity contribution is 0.112. The van der Waals surface area contributed by atoms with Crippen LogP contribution >= 0.6 is 0 Å². The van der Waals surface area contributed by atoms with Crippen LogP contribution in [0.15, 0.2) is 23.3 Å². The van der Waals surface area contributed by atoms with E-state index < -0.39 is 0 Å². The largest absolute Gasteiger partial charge is 0.298 e. The zero-order chi connectivity index (χ0) is 11.1. The molecule has 0 unspecified atom stereocenters. The maximum atomic E-state index is 10.5. The van der Waals surface area contributed by atoms with Crippen molar-refractivity contribution in [3.8, 4) is 11.8 Å². The Labute approximate surface area is 87.6 Å². The van der Waals surface area contributed by atoms with Gasteiger partial charge in [-0.25, -0.2) is 0 Å². The molecule has 0 N–H and O–H groups in total. The molecule has 0 aliphatic heterocycles. The van der Waals surface area contributed by atoms with Crippen molar-refractivity contribution in [1.29, 1.82) is 0 Å². The zero-order valence-electron chi connectivity index (χ0n) is 8.27. The van der Waals surface area contributed by atoms with E-state index in [-0.39, 0.29) is 6.54 Å². The third-order valence-electron chi connectivity index (χ3n) is 1.84. The van der Waals surface area contributed by atoms with Crippen LogP contribution in [0.1, 0.15) is 21.5 Å². The van der Waals surface area contributed by atoms with Gasteiger partial charge in [-0.3, -0.25) is 4.79 Å². The van der Waals surface area contributed by atoms with Crippen molar-refractivity contribution < 1.29 is 4.79 Å². The first-order chi connectivity index (χ1) is 7.27. The van der Waals surface area contributed by atoms with Gasteiger partial charge in [0.1, 0.15) is 6.29 Å². The van der Waals surface area contributed by atoms with Crippen molar-refractivity contribution in [3.05, 3.63) is 45.3 Å². The number of aryl methyl sites for hydroxylation is 1. The highest BCUT2D eigenvalue weighted by molar-refractivity contribution is 5.77. The van der Waals surface area contributed by atoms with E-state index >= 15 is 0 Å². The molecule has 0 bridgehead atoms. The Balaban J connectivity index is 2.86. The number of aldehydes is 1. The van der Waals surface area contributed by atoms with Crippen LogP contribution in [0.25, 0.3) is 10.4 Å². The van der Waals surface area contributed by atoms with E-state index in [0.29, 0.717) is 5.56 Å². The summed E-state index contributed by atoms with van der Waals surface area (Å²) in [6.07, 6.45) is 0.812. The molecule has 0 aliphatic carbocycles. The maximum absolute atomic E-state index is 10.5. The summed E-state index contributed by atoms with van der Waals surface area (Å²) in [5.74, 6) is 5.55. The van der Waals surface area contributed by atoms with Gasteiger partial charge in [0.15, 0.2) is 0 Å². The predicted molar refractivity (Wildman–Crippen MR) is 57.5 cm³/mol. The Morgan fingerprint density at radius 3 is 3.00 bits per heavy atom. The Morgan fingerprint density at radius 2 is 2.40 bits per heavy atom. The fraction of sp³-hybridized carbons (Fsp3) is 0.182. The lowest BCUT2D eigenvalue weighted by Crippen LogP contribution is -1.87. The number of rotatable bonds is 2. The van der Waals surface area contributed by atoms with Gasteiger partial charge in [0.25, 0.3) is 0 Å². The van der Waals surface area contributed by atoms with Crippen molar-refractivity contribution in [2.45, 2.75) is 6.92 Å². The SMILES string of the molecule is Cc1cc(C#CCN=[N+]=[N-])ccc1C=O. The van der Waals surface area contributed by atoms with E-state index in [0.717, 1.165) is 17.4 Å². The second-order valence-corrected chi connectivity index (χ2v) is 2.88. The van der Waals surface area contributed by atoms with Crippen LogP contribution in [0.3, 0.4) is 0 Å². The standard InChI is InChI=1S/C11H9N3O/c1-9-7-10(3-2-6-13-14-12)4-5-11(9)8-15/h4-5,7-8H,6H2,1H3. The smallest absolute Gasteiger partial charge is 0.150 e. The predicted octanol–water partition coefficient (Wildman–Crippen LogP) is 2.47. The van der Waals surface area contributed by atoms with E-state index in [2.05, 4.69) is 21.9 Å². The van der Waals surface area contributed by atoms with Gasteiger partial charge in [0.2, 0.25) is 0 Å². The first-order valence-electron chi connectivity index (χ1n) is 4.33. The maximum Gasteiger partial charge on any atom is 0.150 e. The molecule has 0 aliphatic rings. The number of carbonyl (C=O) groups is 1. The minimum Gasteiger partial charge on any atom is -0.298 e. The van der Waals surface area contributed by atoms with Crippen LogP contribution < -0.4 is 0 Å². The van der Waals surface area contributed by atoms with E-state index in [1.165, 1.54) is 0 Å². The second-order valence-electron chi connectivity index (χ2n) is 2.88. The molecule has 15 heavy (non-hydrogen) atoms. The Hall–Kier alpha value is -2.24. The van der Waals surface area contributed by atoms with E-state index in [1.54, 1.807) is 12.1 Å². The highest BCUT2D eigenvalue weighted by atomic mass is 16.1. The quantitative estimate of drug-likeness (QED) is 0.237. The summed E-state index contributed by atoms with van der Waals surface area (Å²) in [6.45, 7) is 2.01. The van der Waals surface area contributed by atoms with Gasteiger partial charge in [0.05, 0.1) is 6.54 Å². The van der Waals surface area contributed by atoms with Gasteiger partial charge in [0, 0.05) is 16.0 Å². The van der Waals surface area contributed by atoms with Crippen LogP contribution in [0.4, 0.5) is 0 Å². The molecule has 0 aromatic heterocycles. The van der Waals surface area contributed by atoms with E-state index in [9.17, 15) is 4.79 Å². The summed E-state index contributed by atoms with van der Waals surface area (Å²) in [4.78, 5) is 13.1. The molecular weight excluding hydrogens is 190 g/mol.